The Hall–Kier alpha value is -0.900. The van der Waals surface area contributed by atoms with Gasteiger partial charge in [-0.1, -0.05) is 43.5 Å². The minimum Gasteiger partial charge on any atom is -0.385 e. The van der Waals surface area contributed by atoms with Gasteiger partial charge in [-0.05, 0) is 42.7 Å². The molecule has 3 nitrogen and oxygen atoms in total. The molecule has 3 aliphatic rings. The zero-order chi connectivity index (χ0) is 15.8. The Morgan fingerprint density at radius 2 is 1.43 bits per heavy atom. The molecule has 3 fully saturated rings. The standard InChI is InChI=1S/C20H28O3/c21-19(10-12-20(13-11-19)22-14-15-23-20)18-8-6-17(7-9-18)16-4-2-1-3-5-16/h6-9,16,21H,1-5,10-15H2. The predicted octanol–water partition coefficient (Wildman–Crippen LogP) is 4.24. The molecule has 1 spiro atoms. The molecule has 0 amide bonds. The van der Waals surface area contributed by atoms with E-state index in [-0.39, 0.29) is 0 Å². The van der Waals surface area contributed by atoms with Crippen LogP contribution < -0.4 is 0 Å². The summed E-state index contributed by atoms with van der Waals surface area (Å²) in [5.41, 5.74) is 1.79. The molecule has 2 aliphatic carbocycles. The quantitative estimate of drug-likeness (QED) is 0.887. The van der Waals surface area contributed by atoms with Gasteiger partial charge in [0.15, 0.2) is 5.79 Å². The fourth-order valence-electron chi connectivity index (χ4n) is 4.62. The highest BCUT2D eigenvalue weighted by atomic mass is 16.7. The smallest absolute Gasteiger partial charge is 0.168 e. The summed E-state index contributed by atoms with van der Waals surface area (Å²) in [6.45, 7) is 1.38. The maximum Gasteiger partial charge on any atom is 0.168 e. The lowest BCUT2D eigenvalue weighted by molar-refractivity contribution is -0.204. The highest BCUT2D eigenvalue weighted by Crippen LogP contribution is 2.45. The van der Waals surface area contributed by atoms with Crippen LogP contribution in [0.15, 0.2) is 24.3 Å². The molecule has 1 aromatic carbocycles. The van der Waals surface area contributed by atoms with Crippen molar-refractivity contribution in [2.24, 2.45) is 0 Å². The molecular formula is C20H28O3. The molecule has 0 unspecified atom stereocenters. The van der Waals surface area contributed by atoms with Gasteiger partial charge in [0.1, 0.15) is 0 Å². The second-order valence-corrected chi connectivity index (χ2v) is 7.60. The Morgan fingerprint density at radius 3 is 2.04 bits per heavy atom. The van der Waals surface area contributed by atoms with Gasteiger partial charge < -0.3 is 14.6 Å². The lowest BCUT2D eigenvalue weighted by atomic mass is 9.76. The van der Waals surface area contributed by atoms with E-state index in [2.05, 4.69) is 24.3 Å². The van der Waals surface area contributed by atoms with E-state index >= 15 is 0 Å². The summed E-state index contributed by atoms with van der Waals surface area (Å²) in [7, 11) is 0. The maximum absolute atomic E-state index is 11.1. The molecule has 1 N–H and O–H groups in total. The molecule has 0 radical (unpaired) electrons. The molecule has 1 heterocycles. The fraction of sp³-hybridized carbons (Fsp3) is 0.700. The van der Waals surface area contributed by atoms with Gasteiger partial charge in [-0.3, -0.25) is 0 Å². The van der Waals surface area contributed by atoms with Gasteiger partial charge in [-0.25, -0.2) is 0 Å². The van der Waals surface area contributed by atoms with Crippen molar-refractivity contribution >= 4 is 0 Å². The Kier molecular flexibility index (Phi) is 4.21. The fourth-order valence-corrected chi connectivity index (χ4v) is 4.62. The van der Waals surface area contributed by atoms with Crippen LogP contribution in [0, 0.1) is 0 Å². The minimum atomic E-state index is -0.717. The lowest BCUT2D eigenvalue weighted by Crippen LogP contribution is -2.42. The van der Waals surface area contributed by atoms with E-state index in [9.17, 15) is 5.11 Å². The number of benzene rings is 1. The summed E-state index contributed by atoms with van der Waals surface area (Å²) in [6, 6.07) is 8.79. The van der Waals surface area contributed by atoms with Crippen molar-refractivity contribution in [3.05, 3.63) is 35.4 Å². The number of hydrogen-bond donors (Lipinski definition) is 1. The highest BCUT2D eigenvalue weighted by molar-refractivity contribution is 5.30. The van der Waals surface area contributed by atoms with Crippen molar-refractivity contribution in [1.29, 1.82) is 0 Å². The van der Waals surface area contributed by atoms with Crippen LogP contribution in [-0.2, 0) is 15.1 Å². The molecule has 1 aliphatic heterocycles. The molecule has 1 aromatic rings. The third-order valence-electron chi connectivity index (χ3n) is 6.18. The molecule has 2 saturated carbocycles. The molecule has 126 valence electrons. The average molecular weight is 316 g/mol. The van der Waals surface area contributed by atoms with Gasteiger partial charge in [0.05, 0.1) is 18.8 Å². The van der Waals surface area contributed by atoms with Crippen LogP contribution in [0.4, 0.5) is 0 Å². The van der Waals surface area contributed by atoms with Crippen LogP contribution in [0.1, 0.15) is 74.8 Å². The number of rotatable bonds is 2. The third-order valence-corrected chi connectivity index (χ3v) is 6.18. The number of hydrogen-bond acceptors (Lipinski definition) is 3. The topological polar surface area (TPSA) is 38.7 Å². The molecule has 0 aromatic heterocycles. The second kappa shape index (κ2) is 6.19. The summed E-state index contributed by atoms with van der Waals surface area (Å²) >= 11 is 0. The summed E-state index contributed by atoms with van der Waals surface area (Å²) in [5, 5.41) is 11.1. The first-order chi connectivity index (χ1) is 11.2. The van der Waals surface area contributed by atoms with E-state index in [1.54, 1.807) is 0 Å². The van der Waals surface area contributed by atoms with Gasteiger partial charge in [0.25, 0.3) is 0 Å². The maximum atomic E-state index is 11.1. The van der Waals surface area contributed by atoms with Crippen molar-refractivity contribution in [3.63, 3.8) is 0 Å². The summed E-state index contributed by atoms with van der Waals surface area (Å²) in [4.78, 5) is 0. The van der Waals surface area contributed by atoms with E-state index < -0.39 is 11.4 Å². The van der Waals surface area contributed by atoms with Crippen molar-refractivity contribution in [3.8, 4) is 0 Å². The molecule has 3 heteroatoms. The van der Waals surface area contributed by atoms with Crippen LogP contribution in [0.25, 0.3) is 0 Å². The normalized spacial score (nSPS) is 27.3. The van der Waals surface area contributed by atoms with E-state index in [0.29, 0.717) is 13.2 Å². The van der Waals surface area contributed by atoms with Gasteiger partial charge >= 0.3 is 0 Å². The predicted molar refractivity (Wildman–Crippen MR) is 89.3 cm³/mol. The SMILES string of the molecule is OC1(c2ccc(C3CCCCC3)cc2)CCC2(CC1)OCCO2. The van der Waals surface area contributed by atoms with Crippen LogP contribution in [0.2, 0.25) is 0 Å². The Morgan fingerprint density at radius 1 is 0.826 bits per heavy atom. The van der Waals surface area contributed by atoms with Crippen LogP contribution in [0.3, 0.4) is 0 Å². The summed E-state index contributed by atoms with van der Waals surface area (Å²) in [5.74, 6) is 0.316. The van der Waals surface area contributed by atoms with E-state index in [4.69, 9.17) is 9.47 Å². The zero-order valence-electron chi connectivity index (χ0n) is 13.9. The Labute approximate surface area is 139 Å². The third kappa shape index (κ3) is 3.07. The van der Waals surface area contributed by atoms with Crippen molar-refractivity contribution in [2.45, 2.75) is 75.1 Å². The van der Waals surface area contributed by atoms with Crippen molar-refractivity contribution in [2.75, 3.05) is 13.2 Å². The first kappa shape index (κ1) is 15.6. The molecule has 23 heavy (non-hydrogen) atoms. The van der Waals surface area contributed by atoms with Crippen molar-refractivity contribution in [1.82, 2.24) is 0 Å². The molecule has 0 atom stereocenters. The van der Waals surface area contributed by atoms with E-state index in [0.717, 1.165) is 37.2 Å². The Balaban J connectivity index is 1.45. The summed E-state index contributed by atoms with van der Waals surface area (Å²) in [6.07, 6.45) is 9.76. The van der Waals surface area contributed by atoms with Crippen LogP contribution in [0.5, 0.6) is 0 Å². The van der Waals surface area contributed by atoms with E-state index in [1.807, 2.05) is 0 Å². The molecular weight excluding hydrogens is 288 g/mol. The van der Waals surface area contributed by atoms with E-state index in [1.165, 1.54) is 37.7 Å². The first-order valence-corrected chi connectivity index (χ1v) is 9.30. The lowest BCUT2D eigenvalue weighted by Gasteiger charge is -2.41. The zero-order valence-corrected chi connectivity index (χ0v) is 13.9. The Bertz CT molecular complexity index is 514. The van der Waals surface area contributed by atoms with Crippen molar-refractivity contribution < 1.29 is 14.6 Å². The number of ether oxygens (including phenoxy) is 2. The second-order valence-electron chi connectivity index (χ2n) is 7.60. The average Bonchev–Trinajstić information content (AvgIpc) is 3.08. The molecule has 4 rings (SSSR count). The number of aliphatic hydroxyl groups is 1. The molecule has 1 saturated heterocycles. The van der Waals surface area contributed by atoms with Gasteiger partial charge in [0, 0.05) is 12.8 Å². The van der Waals surface area contributed by atoms with Crippen LogP contribution >= 0.6 is 0 Å². The summed E-state index contributed by atoms with van der Waals surface area (Å²) < 4.78 is 11.6. The van der Waals surface area contributed by atoms with Gasteiger partial charge in [-0.2, -0.15) is 0 Å². The first-order valence-electron chi connectivity index (χ1n) is 9.30. The van der Waals surface area contributed by atoms with Gasteiger partial charge in [-0.15, -0.1) is 0 Å². The van der Waals surface area contributed by atoms with Crippen LogP contribution in [-0.4, -0.2) is 24.1 Å². The largest absolute Gasteiger partial charge is 0.385 e. The highest BCUT2D eigenvalue weighted by Gasteiger charge is 2.46. The molecule has 0 bridgehead atoms. The van der Waals surface area contributed by atoms with Gasteiger partial charge in [0.2, 0.25) is 0 Å². The monoisotopic (exact) mass is 316 g/mol. The minimum absolute atomic E-state index is 0.408.